The first-order chi connectivity index (χ1) is 30.7. The van der Waals surface area contributed by atoms with E-state index in [1.807, 2.05) is 0 Å². The highest BCUT2D eigenvalue weighted by Crippen LogP contribution is 2.37. The second kappa shape index (κ2) is 16.1. The van der Waals surface area contributed by atoms with E-state index in [-0.39, 0.29) is 0 Å². The van der Waals surface area contributed by atoms with Gasteiger partial charge in [0, 0.05) is 16.5 Å². The predicted octanol–water partition coefficient (Wildman–Crippen LogP) is 16.1. The van der Waals surface area contributed by atoms with Crippen LogP contribution in [0.3, 0.4) is 0 Å². The standard InChI is InChI=1S/C60H40N2/c1-3-13-41(14-4-1)48-18-9-22-52(37-48)54-24-11-20-50(39-54)43-27-31-46(32-28-43)59-58-56-26-8-7-17-45(56)35-36-57(58)61-60(62-59)47-33-29-44(30-34-47)51-21-12-25-55(40-51)53-23-10-19-49(38-53)42-15-5-2-6-16-42/h1-40H. The van der Waals surface area contributed by atoms with E-state index >= 15 is 0 Å². The zero-order valence-corrected chi connectivity index (χ0v) is 34.0. The van der Waals surface area contributed by atoms with Crippen LogP contribution < -0.4 is 0 Å². The summed E-state index contributed by atoms with van der Waals surface area (Å²) in [5.41, 5.74) is 18.1. The van der Waals surface area contributed by atoms with Crippen LogP contribution in [0.15, 0.2) is 243 Å². The SMILES string of the molecule is c1ccc(-c2cccc(-c3cccc(-c4ccc(-c5nc(-c6ccc(-c7cccc(-c8cccc(-c9ccccc9)c8)c7)cc6)c6c(ccc7ccccc76)n5)cc4)c3)c2)cc1. The van der Waals surface area contributed by atoms with E-state index in [0.717, 1.165) is 49.8 Å². The van der Waals surface area contributed by atoms with Crippen molar-refractivity contribution in [1.29, 1.82) is 0 Å². The first kappa shape index (κ1) is 36.8. The molecule has 0 spiro atoms. The van der Waals surface area contributed by atoms with Gasteiger partial charge in [-0.2, -0.15) is 0 Å². The number of fused-ring (bicyclic) bond motifs is 3. The fourth-order valence-electron chi connectivity index (χ4n) is 8.65. The lowest BCUT2D eigenvalue weighted by atomic mass is 9.95. The van der Waals surface area contributed by atoms with Gasteiger partial charge >= 0.3 is 0 Å². The Morgan fingerprint density at radius 3 is 1.05 bits per heavy atom. The van der Waals surface area contributed by atoms with Gasteiger partial charge in [0.15, 0.2) is 5.82 Å². The van der Waals surface area contributed by atoms with E-state index in [4.69, 9.17) is 9.97 Å². The molecular formula is C60H40N2. The van der Waals surface area contributed by atoms with Gasteiger partial charge in [0.2, 0.25) is 0 Å². The molecule has 11 aromatic rings. The second-order valence-corrected chi connectivity index (χ2v) is 15.8. The Hall–Kier alpha value is -8.20. The summed E-state index contributed by atoms with van der Waals surface area (Å²) < 4.78 is 0. The van der Waals surface area contributed by atoms with E-state index in [2.05, 4.69) is 243 Å². The van der Waals surface area contributed by atoms with Gasteiger partial charge in [-0.1, -0.05) is 212 Å². The van der Waals surface area contributed by atoms with Crippen LogP contribution in [0.1, 0.15) is 0 Å². The van der Waals surface area contributed by atoms with E-state index < -0.39 is 0 Å². The molecule has 11 rings (SSSR count). The lowest BCUT2D eigenvalue weighted by Crippen LogP contribution is -1.96. The summed E-state index contributed by atoms with van der Waals surface area (Å²) in [6.45, 7) is 0. The van der Waals surface area contributed by atoms with Crippen LogP contribution in [-0.2, 0) is 0 Å². The monoisotopic (exact) mass is 788 g/mol. The van der Waals surface area contributed by atoms with Gasteiger partial charge in [0.1, 0.15) is 0 Å². The third-order valence-corrected chi connectivity index (χ3v) is 11.9. The average molecular weight is 789 g/mol. The number of hydrogen-bond donors (Lipinski definition) is 0. The lowest BCUT2D eigenvalue weighted by molar-refractivity contribution is 1.23. The van der Waals surface area contributed by atoms with Crippen molar-refractivity contribution in [2.75, 3.05) is 0 Å². The Morgan fingerprint density at radius 2 is 0.581 bits per heavy atom. The number of aromatic nitrogens is 2. The summed E-state index contributed by atoms with van der Waals surface area (Å²) in [6.07, 6.45) is 0. The maximum atomic E-state index is 5.36. The minimum Gasteiger partial charge on any atom is -0.228 e. The first-order valence-electron chi connectivity index (χ1n) is 21.1. The van der Waals surface area contributed by atoms with Gasteiger partial charge in [-0.25, -0.2) is 9.97 Å². The summed E-state index contributed by atoms with van der Waals surface area (Å²) in [5, 5.41) is 3.37. The fraction of sp³-hybridized carbons (Fsp3) is 0. The van der Waals surface area contributed by atoms with E-state index in [0.29, 0.717) is 5.82 Å². The minimum atomic E-state index is 0.704. The molecule has 2 heteroatoms. The molecule has 0 unspecified atom stereocenters. The van der Waals surface area contributed by atoms with Crippen molar-refractivity contribution in [3.63, 3.8) is 0 Å². The molecule has 2 nitrogen and oxygen atoms in total. The van der Waals surface area contributed by atoms with Crippen molar-refractivity contribution in [3.8, 4) is 89.4 Å². The van der Waals surface area contributed by atoms with Crippen LogP contribution in [0.4, 0.5) is 0 Å². The number of hydrogen-bond acceptors (Lipinski definition) is 2. The third kappa shape index (κ3) is 7.25. The highest BCUT2D eigenvalue weighted by Gasteiger charge is 2.16. The van der Waals surface area contributed by atoms with Gasteiger partial charge in [-0.3, -0.25) is 0 Å². The highest BCUT2D eigenvalue weighted by atomic mass is 14.9. The van der Waals surface area contributed by atoms with Crippen LogP contribution in [-0.4, -0.2) is 9.97 Å². The van der Waals surface area contributed by atoms with Gasteiger partial charge in [0.05, 0.1) is 11.2 Å². The van der Waals surface area contributed by atoms with Crippen LogP contribution in [0.2, 0.25) is 0 Å². The molecule has 0 aliphatic carbocycles. The van der Waals surface area contributed by atoms with E-state index in [1.54, 1.807) is 0 Å². The lowest BCUT2D eigenvalue weighted by Gasteiger charge is -2.13. The average Bonchev–Trinajstić information content (AvgIpc) is 3.37. The van der Waals surface area contributed by atoms with Crippen molar-refractivity contribution < 1.29 is 0 Å². The molecule has 0 radical (unpaired) electrons. The fourth-order valence-corrected chi connectivity index (χ4v) is 8.65. The molecule has 1 heterocycles. The van der Waals surface area contributed by atoms with Crippen molar-refractivity contribution in [2.24, 2.45) is 0 Å². The Morgan fingerprint density at radius 1 is 0.226 bits per heavy atom. The number of benzene rings is 10. The van der Waals surface area contributed by atoms with Crippen LogP contribution >= 0.6 is 0 Å². The van der Waals surface area contributed by atoms with Gasteiger partial charge < -0.3 is 0 Å². The quantitative estimate of drug-likeness (QED) is 0.143. The van der Waals surface area contributed by atoms with Crippen LogP contribution in [0.5, 0.6) is 0 Å². The Kier molecular flexibility index (Phi) is 9.57. The molecule has 1 aromatic heterocycles. The molecule has 0 saturated carbocycles. The van der Waals surface area contributed by atoms with E-state index in [1.165, 1.54) is 55.5 Å². The normalized spacial score (nSPS) is 11.2. The zero-order chi connectivity index (χ0) is 41.2. The van der Waals surface area contributed by atoms with Crippen molar-refractivity contribution >= 4 is 21.7 Å². The number of rotatable bonds is 8. The molecule has 0 N–H and O–H groups in total. The van der Waals surface area contributed by atoms with Crippen LogP contribution in [0, 0.1) is 0 Å². The molecule has 0 saturated heterocycles. The molecule has 0 fully saturated rings. The van der Waals surface area contributed by atoms with Crippen molar-refractivity contribution in [3.05, 3.63) is 243 Å². The zero-order valence-electron chi connectivity index (χ0n) is 34.0. The molecule has 0 atom stereocenters. The van der Waals surface area contributed by atoms with Crippen LogP contribution in [0.25, 0.3) is 111 Å². The summed E-state index contributed by atoms with van der Waals surface area (Å²) in [6, 6.07) is 86.6. The highest BCUT2D eigenvalue weighted by molar-refractivity contribution is 6.12. The largest absolute Gasteiger partial charge is 0.228 e. The van der Waals surface area contributed by atoms with Crippen molar-refractivity contribution in [2.45, 2.75) is 0 Å². The summed E-state index contributed by atoms with van der Waals surface area (Å²) >= 11 is 0. The molecule has 290 valence electrons. The molecule has 0 aliphatic rings. The summed E-state index contributed by atoms with van der Waals surface area (Å²) in [5.74, 6) is 0.704. The molecular weight excluding hydrogens is 749 g/mol. The predicted molar refractivity (Wildman–Crippen MR) is 261 cm³/mol. The molecule has 62 heavy (non-hydrogen) atoms. The van der Waals surface area contributed by atoms with Gasteiger partial charge in [-0.05, 0) is 108 Å². The Bertz CT molecular complexity index is 3370. The third-order valence-electron chi connectivity index (χ3n) is 11.9. The summed E-state index contributed by atoms with van der Waals surface area (Å²) in [7, 11) is 0. The molecule has 10 aromatic carbocycles. The molecule has 0 aliphatic heterocycles. The van der Waals surface area contributed by atoms with Gasteiger partial charge in [0.25, 0.3) is 0 Å². The molecule has 0 amide bonds. The maximum Gasteiger partial charge on any atom is 0.160 e. The molecule has 0 bridgehead atoms. The smallest absolute Gasteiger partial charge is 0.160 e. The first-order valence-corrected chi connectivity index (χ1v) is 21.1. The summed E-state index contributed by atoms with van der Waals surface area (Å²) in [4.78, 5) is 10.5. The number of nitrogens with zero attached hydrogens (tertiary/aromatic N) is 2. The Labute approximate surface area is 362 Å². The Balaban J connectivity index is 0.924. The topological polar surface area (TPSA) is 25.8 Å². The van der Waals surface area contributed by atoms with Gasteiger partial charge in [-0.15, -0.1) is 0 Å². The maximum absolute atomic E-state index is 5.36. The van der Waals surface area contributed by atoms with Crippen molar-refractivity contribution in [1.82, 2.24) is 9.97 Å². The van der Waals surface area contributed by atoms with E-state index in [9.17, 15) is 0 Å². The second-order valence-electron chi connectivity index (χ2n) is 15.8. The minimum absolute atomic E-state index is 0.704.